The molecule has 0 aliphatic rings. The van der Waals surface area contributed by atoms with Gasteiger partial charge < -0.3 is 5.73 Å². The van der Waals surface area contributed by atoms with Crippen molar-refractivity contribution >= 4 is 33.5 Å². The van der Waals surface area contributed by atoms with Crippen molar-refractivity contribution in [2.75, 3.05) is 0 Å². The van der Waals surface area contributed by atoms with Crippen molar-refractivity contribution in [1.82, 2.24) is 0 Å². The summed E-state index contributed by atoms with van der Waals surface area (Å²) < 4.78 is 14.5. The van der Waals surface area contributed by atoms with Crippen LogP contribution in [0.15, 0.2) is 39.7 Å². The molecular formula is C16H16BrFN2S. The molecule has 5 heteroatoms. The van der Waals surface area contributed by atoms with Gasteiger partial charge in [0.1, 0.15) is 5.84 Å². The summed E-state index contributed by atoms with van der Waals surface area (Å²) in [5.74, 6) is 0.189. The molecule has 0 saturated carbocycles. The van der Waals surface area contributed by atoms with E-state index >= 15 is 0 Å². The van der Waals surface area contributed by atoms with Gasteiger partial charge in [-0.05, 0) is 47.5 Å². The maximum absolute atomic E-state index is 14.3. The summed E-state index contributed by atoms with van der Waals surface area (Å²) in [5, 5.41) is 7.40. The van der Waals surface area contributed by atoms with Crippen LogP contribution < -0.4 is 5.73 Å². The van der Waals surface area contributed by atoms with E-state index in [1.165, 1.54) is 28.5 Å². The average molecular weight is 367 g/mol. The first-order valence-electron chi connectivity index (χ1n) is 6.41. The number of hydrogen-bond acceptors (Lipinski definition) is 2. The Bertz CT molecular complexity index is 681. The molecule has 0 amide bonds. The van der Waals surface area contributed by atoms with Gasteiger partial charge in [0.15, 0.2) is 5.82 Å². The normalized spacial score (nSPS) is 10.7. The molecule has 0 unspecified atom stereocenters. The number of nitrogens with two attached hydrogens (primary N) is 1. The molecule has 2 nitrogen and oxygen atoms in total. The number of aryl methyl sites for hydroxylation is 2. The Kier molecular flexibility index (Phi) is 5.06. The van der Waals surface area contributed by atoms with E-state index in [0.29, 0.717) is 16.2 Å². The third kappa shape index (κ3) is 3.86. The summed E-state index contributed by atoms with van der Waals surface area (Å²) >= 11 is 4.61. The predicted molar refractivity (Wildman–Crippen MR) is 90.6 cm³/mol. The van der Waals surface area contributed by atoms with Gasteiger partial charge in [0.05, 0.1) is 4.47 Å². The van der Waals surface area contributed by atoms with Gasteiger partial charge in [-0.25, -0.2) is 4.39 Å². The van der Waals surface area contributed by atoms with Crippen molar-refractivity contribution in [2.45, 2.75) is 24.5 Å². The Morgan fingerprint density at radius 1 is 1.24 bits per heavy atom. The van der Waals surface area contributed by atoms with Crippen LogP contribution in [0.4, 0.5) is 4.39 Å². The molecule has 0 aliphatic heterocycles. The van der Waals surface area contributed by atoms with Gasteiger partial charge in [-0.3, -0.25) is 5.41 Å². The minimum absolute atomic E-state index is 0.147. The molecule has 0 saturated heterocycles. The second-order valence-electron chi connectivity index (χ2n) is 4.94. The first-order valence-corrected chi connectivity index (χ1v) is 8.18. The Labute approximate surface area is 136 Å². The number of rotatable bonds is 4. The van der Waals surface area contributed by atoms with Crippen LogP contribution in [0.25, 0.3) is 0 Å². The first kappa shape index (κ1) is 16.0. The standard InChI is InChI=1S/C16H16BrFN2S/c1-9-5-10(2)7-11(6-9)8-21-13-4-3-12(16(19)20)14(17)15(13)18/h3-7H,8H2,1-2H3,(H3,19,20). The third-order valence-electron chi connectivity index (χ3n) is 3.01. The molecule has 2 aromatic carbocycles. The Morgan fingerprint density at radius 3 is 2.43 bits per heavy atom. The van der Waals surface area contributed by atoms with Gasteiger partial charge in [0.25, 0.3) is 0 Å². The highest BCUT2D eigenvalue weighted by Gasteiger charge is 2.13. The smallest absolute Gasteiger partial charge is 0.151 e. The maximum atomic E-state index is 14.3. The van der Waals surface area contributed by atoms with Gasteiger partial charge >= 0.3 is 0 Å². The van der Waals surface area contributed by atoms with Crippen molar-refractivity contribution in [1.29, 1.82) is 5.41 Å². The zero-order valence-electron chi connectivity index (χ0n) is 11.8. The lowest BCUT2D eigenvalue weighted by molar-refractivity contribution is 0.594. The van der Waals surface area contributed by atoms with Crippen molar-refractivity contribution in [3.05, 3.63) is 62.9 Å². The van der Waals surface area contributed by atoms with Gasteiger partial charge in [-0.15, -0.1) is 11.8 Å². The summed E-state index contributed by atoms with van der Waals surface area (Å²) in [6.07, 6.45) is 0. The summed E-state index contributed by atoms with van der Waals surface area (Å²) in [6.45, 7) is 4.11. The van der Waals surface area contributed by atoms with E-state index in [4.69, 9.17) is 11.1 Å². The molecule has 0 aromatic heterocycles. The molecule has 0 heterocycles. The van der Waals surface area contributed by atoms with E-state index < -0.39 is 0 Å². The zero-order chi connectivity index (χ0) is 15.6. The summed E-state index contributed by atoms with van der Waals surface area (Å²) in [5.41, 5.74) is 9.37. The van der Waals surface area contributed by atoms with E-state index in [1.54, 1.807) is 12.1 Å². The zero-order valence-corrected chi connectivity index (χ0v) is 14.2. The lowest BCUT2D eigenvalue weighted by atomic mass is 10.1. The fourth-order valence-corrected chi connectivity index (χ4v) is 3.74. The van der Waals surface area contributed by atoms with Crippen LogP contribution in [-0.2, 0) is 5.75 Å². The maximum Gasteiger partial charge on any atom is 0.151 e. The minimum atomic E-state index is -0.364. The molecule has 0 bridgehead atoms. The van der Waals surface area contributed by atoms with Crippen molar-refractivity contribution in [3.8, 4) is 0 Å². The second-order valence-corrected chi connectivity index (χ2v) is 6.75. The lowest BCUT2D eigenvalue weighted by Gasteiger charge is -2.09. The van der Waals surface area contributed by atoms with Gasteiger partial charge in [0.2, 0.25) is 0 Å². The van der Waals surface area contributed by atoms with Crippen LogP contribution in [0.3, 0.4) is 0 Å². The number of hydrogen-bond donors (Lipinski definition) is 2. The third-order valence-corrected chi connectivity index (χ3v) is 4.89. The van der Waals surface area contributed by atoms with Gasteiger partial charge in [-0.2, -0.15) is 0 Å². The highest BCUT2D eigenvalue weighted by atomic mass is 79.9. The molecule has 110 valence electrons. The van der Waals surface area contributed by atoms with Gasteiger partial charge in [0, 0.05) is 16.2 Å². The van der Waals surface area contributed by atoms with Crippen LogP contribution in [0.2, 0.25) is 0 Å². The lowest BCUT2D eigenvalue weighted by Crippen LogP contribution is -2.12. The molecule has 0 spiro atoms. The average Bonchev–Trinajstić information content (AvgIpc) is 2.39. The van der Waals surface area contributed by atoms with E-state index in [0.717, 1.165) is 0 Å². The van der Waals surface area contributed by atoms with Crippen LogP contribution in [0, 0.1) is 25.1 Å². The quantitative estimate of drug-likeness (QED) is 0.464. The SMILES string of the molecule is Cc1cc(C)cc(CSc2ccc(C(=N)N)c(Br)c2F)c1. The number of halogens is 2. The Hall–Kier alpha value is -1.33. The van der Waals surface area contributed by atoms with E-state index in [2.05, 4.69) is 48.0 Å². The molecule has 2 rings (SSSR count). The summed E-state index contributed by atoms with van der Waals surface area (Å²) in [7, 11) is 0. The highest BCUT2D eigenvalue weighted by molar-refractivity contribution is 9.10. The summed E-state index contributed by atoms with van der Waals surface area (Å²) in [6, 6.07) is 9.67. The van der Waals surface area contributed by atoms with Crippen molar-refractivity contribution in [3.63, 3.8) is 0 Å². The molecular weight excluding hydrogens is 351 g/mol. The van der Waals surface area contributed by atoms with E-state index in [9.17, 15) is 4.39 Å². The van der Waals surface area contributed by atoms with Crippen LogP contribution in [0.5, 0.6) is 0 Å². The van der Waals surface area contributed by atoms with E-state index in [1.807, 2.05) is 0 Å². The number of thioether (sulfide) groups is 1. The molecule has 3 N–H and O–H groups in total. The fraction of sp³-hybridized carbons (Fsp3) is 0.188. The number of nitrogen functional groups attached to an aromatic ring is 1. The topological polar surface area (TPSA) is 49.9 Å². The summed E-state index contributed by atoms with van der Waals surface area (Å²) in [4.78, 5) is 0.547. The fourth-order valence-electron chi connectivity index (χ4n) is 2.16. The predicted octanol–water partition coefficient (Wildman–Crippen LogP) is 4.78. The first-order chi connectivity index (χ1) is 9.88. The number of amidine groups is 1. The number of nitrogens with one attached hydrogen (secondary N) is 1. The van der Waals surface area contributed by atoms with E-state index in [-0.39, 0.29) is 16.1 Å². The van der Waals surface area contributed by atoms with Crippen molar-refractivity contribution in [2.24, 2.45) is 5.73 Å². The van der Waals surface area contributed by atoms with Crippen LogP contribution in [0.1, 0.15) is 22.3 Å². The molecule has 0 radical (unpaired) electrons. The van der Waals surface area contributed by atoms with Gasteiger partial charge in [-0.1, -0.05) is 29.3 Å². The van der Waals surface area contributed by atoms with Crippen LogP contribution in [-0.4, -0.2) is 5.84 Å². The number of benzene rings is 2. The Morgan fingerprint density at radius 2 is 1.86 bits per heavy atom. The van der Waals surface area contributed by atoms with Crippen LogP contribution >= 0.6 is 27.7 Å². The molecule has 21 heavy (non-hydrogen) atoms. The molecule has 0 aliphatic carbocycles. The Balaban J connectivity index is 2.21. The minimum Gasteiger partial charge on any atom is -0.384 e. The molecule has 0 fully saturated rings. The second kappa shape index (κ2) is 6.62. The monoisotopic (exact) mass is 366 g/mol. The molecule has 0 atom stereocenters. The van der Waals surface area contributed by atoms with Crippen molar-refractivity contribution < 1.29 is 4.39 Å². The molecule has 2 aromatic rings. The highest BCUT2D eigenvalue weighted by Crippen LogP contribution is 2.32. The largest absolute Gasteiger partial charge is 0.384 e.